The first-order chi connectivity index (χ1) is 15.7. The molecule has 0 atom stereocenters. The summed E-state index contributed by atoms with van der Waals surface area (Å²) in [6, 6.07) is 12.9. The number of hydrogen-bond donors (Lipinski definition) is 1. The molecule has 0 bridgehead atoms. The van der Waals surface area contributed by atoms with Gasteiger partial charge >= 0.3 is 0 Å². The van der Waals surface area contributed by atoms with Gasteiger partial charge in [0.05, 0.1) is 30.5 Å². The molecule has 0 unspecified atom stereocenters. The van der Waals surface area contributed by atoms with Crippen molar-refractivity contribution in [1.82, 2.24) is 0 Å². The number of sulfonamides is 1. The van der Waals surface area contributed by atoms with Crippen molar-refractivity contribution in [3.8, 4) is 11.5 Å². The molecule has 0 aliphatic rings. The van der Waals surface area contributed by atoms with Gasteiger partial charge in [-0.15, -0.1) is 0 Å². The topological polar surface area (TPSA) is 84.9 Å². The Morgan fingerprint density at radius 2 is 1.67 bits per heavy atom. The second-order valence-electron chi connectivity index (χ2n) is 6.65. The lowest BCUT2D eigenvalue weighted by Gasteiger charge is -2.25. The van der Waals surface area contributed by atoms with Crippen molar-refractivity contribution < 1.29 is 31.5 Å². The van der Waals surface area contributed by atoms with Crippen LogP contribution in [0.3, 0.4) is 0 Å². The largest absolute Gasteiger partial charge is 0.493 e. The molecule has 3 aromatic rings. The molecule has 11 heteroatoms. The van der Waals surface area contributed by atoms with Crippen LogP contribution in [0.25, 0.3) is 0 Å². The third kappa shape index (κ3) is 5.42. The summed E-state index contributed by atoms with van der Waals surface area (Å²) in [6.07, 6.45) is 0. The van der Waals surface area contributed by atoms with E-state index in [0.29, 0.717) is 8.78 Å². The minimum Gasteiger partial charge on any atom is -0.493 e. The highest BCUT2D eigenvalue weighted by Crippen LogP contribution is 2.33. The second kappa shape index (κ2) is 10.2. The number of rotatable bonds is 8. The van der Waals surface area contributed by atoms with Crippen molar-refractivity contribution >= 4 is 43.2 Å². The fraction of sp³-hybridized carbons (Fsp3) is 0.136. The first-order valence-electron chi connectivity index (χ1n) is 9.41. The van der Waals surface area contributed by atoms with Gasteiger partial charge in [-0.25, -0.2) is 17.2 Å². The van der Waals surface area contributed by atoms with E-state index in [-0.39, 0.29) is 27.8 Å². The molecule has 0 fully saturated rings. The predicted molar refractivity (Wildman–Crippen MR) is 123 cm³/mol. The first kappa shape index (κ1) is 24.5. The van der Waals surface area contributed by atoms with E-state index in [0.717, 1.165) is 12.1 Å². The maximum absolute atomic E-state index is 14.6. The number of carbonyl (C=O) groups is 1. The fourth-order valence-corrected chi connectivity index (χ4v) is 4.75. The summed E-state index contributed by atoms with van der Waals surface area (Å²) in [7, 11) is -1.71. The van der Waals surface area contributed by atoms with Gasteiger partial charge in [0.15, 0.2) is 11.5 Å². The summed E-state index contributed by atoms with van der Waals surface area (Å²) >= 11 is 3.11. The molecule has 0 radical (unpaired) electrons. The van der Waals surface area contributed by atoms with Gasteiger partial charge in [-0.2, -0.15) is 0 Å². The molecule has 0 saturated carbocycles. The molecule has 1 N–H and O–H groups in total. The number of carbonyl (C=O) groups excluding carboxylic acids is 1. The molecule has 0 aliphatic carbocycles. The lowest BCUT2D eigenvalue weighted by molar-refractivity contribution is -0.114. The summed E-state index contributed by atoms with van der Waals surface area (Å²) in [5, 5.41) is 2.31. The molecular weight excluding hydrogens is 522 g/mol. The predicted octanol–water partition coefficient (Wildman–Crippen LogP) is 4.58. The minimum atomic E-state index is -4.44. The Morgan fingerprint density at radius 3 is 2.30 bits per heavy atom. The van der Waals surface area contributed by atoms with E-state index in [9.17, 15) is 22.0 Å². The van der Waals surface area contributed by atoms with Crippen LogP contribution >= 0.6 is 15.9 Å². The maximum atomic E-state index is 14.6. The van der Waals surface area contributed by atoms with Gasteiger partial charge in [-0.1, -0.05) is 28.1 Å². The number of nitrogens with zero attached hydrogens (tertiary/aromatic N) is 1. The van der Waals surface area contributed by atoms with Crippen LogP contribution in [0.5, 0.6) is 11.5 Å². The molecule has 0 saturated heterocycles. The zero-order chi connectivity index (χ0) is 24.2. The van der Waals surface area contributed by atoms with Crippen LogP contribution < -0.4 is 19.1 Å². The molecular formula is C22H19BrF2N2O5S. The zero-order valence-electron chi connectivity index (χ0n) is 17.5. The molecule has 3 aromatic carbocycles. The third-order valence-electron chi connectivity index (χ3n) is 4.56. The molecule has 0 heterocycles. The zero-order valence-corrected chi connectivity index (χ0v) is 19.9. The SMILES string of the molecule is COc1ccc(S(=O)(=O)N(CC(=O)Nc2ccc(Br)cc2F)c2ccccc2F)cc1OC. The molecule has 0 aromatic heterocycles. The Kier molecular flexibility index (Phi) is 7.54. The van der Waals surface area contributed by atoms with E-state index in [2.05, 4.69) is 21.2 Å². The normalized spacial score (nSPS) is 11.1. The molecule has 33 heavy (non-hydrogen) atoms. The first-order valence-corrected chi connectivity index (χ1v) is 11.6. The van der Waals surface area contributed by atoms with Gasteiger partial charge < -0.3 is 14.8 Å². The summed E-state index contributed by atoms with van der Waals surface area (Å²) in [4.78, 5) is 12.4. The number of anilines is 2. The fourth-order valence-electron chi connectivity index (χ4n) is 2.97. The van der Waals surface area contributed by atoms with E-state index >= 15 is 0 Å². The van der Waals surface area contributed by atoms with Gasteiger partial charge in [0.25, 0.3) is 10.0 Å². The molecule has 1 amide bonds. The summed E-state index contributed by atoms with van der Waals surface area (Å²) in [5.74, 6) is -2.03. The van der Waals surface area contributed by atoms with Gasteiger partial charge in [0.2, 0.25) is 5.91 Å². The van der Waals surface area contributed by atoms with Crippen molar-refractivity contribution in [2.24, 2.45) is 0 Å². The van der Waals surface area contributed by atoms with Crippen LogP contribution in [0.15, 0.2) is 70.0 Å². The van der Waals surface area contributed by atoms with E-state index in [1.165, 1.54) is 62.8 Å². The number of benzene rings is 3. The lowest BCUT2D eigenvalue weighted by atomic mass is 10.3. The third-order valence-corrected chi connectivity index (χ3v) is 6.81. The number of nitrogens with one attached hydrogen (secondary N) is 1. The van der Waals surface area contributed by atoms with Gasteiger partial charge in [0.1, 0.15) is 18.2 Å². The smallest absolute Gasteiger partial charge is 0.265 e. The highest BCUT2D eigenvalue weighted by Gasteiger charge is 2.30. The van der Waals surface area contributed by atoms with Crippen molar-refractivity contribution in [3.05, 3.63) is 76.8 Å². The van der Waals surface area contributed by atoms with Crippen LogP contribution in [0, 0.1) is 11.6 Å². The van der Waals surface area contributed by atoms with Crippen molar-refractivity contribution in [2.45, 2.75) is 4.90 Å². The number of ether oxygens (including phenoxy) is 2. The van der Waals surface area contributed by atoms with Crippen LogP contribution in [-0.4, -0.2) is 35.1 Å². The van der Waals surface area contributed by atoms with Gasteiger partial charge in [-0.3, -0.25) is 9.10 Å². The molecule has 174 valence electrons. The van der Waals surface area contributed by atoms with Crippen LogP contribution in [-0.2, 0) is 14.8 Å². The van der Waals surface area contributed by atoms with Crippen LogP contribution in [0.4, 0.5) is 20.2 Å². The van der Waals surface area contributed by atoms with E-state index in [1.807, 2.05) is 0 Å². The van der Waals surface area contributed by atoms with Gasteiger partial charge in [-0.05, 0) is 42.5 Å². The Hall–Kier alpha value is -3.18. The van der Waals surface area contributed by atoms with E-state index < -0.39 is 34.1 Å². The summed E-state index contributed by atoms with van der Waals surface area (Å²) in [6.45, 7) is -0.812. The van der Waals surface area contributed by atoms with Crippen molar-refractivity contribution in [2.75, 3.05) is 30.4 Å². The maximum Gasteiger partial charge on any atom is 0.265 e. The molecule has 0 aliphatic heterocycles. The Balaban J connectivity index is 2.01. The lowest BCUT2D eigenvalue weighted by Crippen LogP contribution is -2.38. The van der Waals surface area contributed by atoms with Crippen LogP contribution in [0.1, 0.15) is 0 Å². The minimum absolute atomic E-state index is 0.133. The Labute approximate surface area is 198 Å². The monoisotopic (exact) mass is 540 g/mol. The number of hydrogen-bond acceptors (Lipinski definition) is 5. The number of halogens is 3. The number of amides is 1. The second-order valence-corrected chi connectivity index (χ2v) is 9.43. The molecule has 3 rings (SSSR count). The standard InChI is InChI=1S/C22H19BrF2N2O5S/c1-31-20-10-8-15(12-21(20)32-2)33(29,30)27(19-6-4-3-5-16(19)24)13-22(28)26-18-9-7-14(23)11-17(18)25/h3-12H,13H2,1-2H3,(H,26,28). The summed E-state index contributed by atoms with van der Waals surface area (Å²) in [5.41, 5.74) is -0.501. The number of methoxy groups -OCH3 is 2. The highest BCUT2D eigenvalue weighted by atomic mass is 79.9. The number of para-hydroxylation sites is 1. The van der Waals surface area contributed by atoms with Crippen molar-refractivity contribution in [3.63, 3.8) is 0 Å². The van der Waals surface area contributed by atoms with Crippen molar-refractivity contribution in [1.29, 1.82) is 0 Å². The Morgan fingerprint density at radius 1 is 0.970 bits per heavy atom. The average Bonchev–Trinajstić information content (AvgIpc) is 2.79. The van der Waals surface area contributed by atoms with Crippen LogP contribution in [0.2, 0.25) is 0 Å². The Bertz CT molecular complexity index is 1290. The molecule has 7 nitrogen and oxygen atoms in total. The highest BCUT2D eigenvalue weighted by molar-refractivity contribution is 9.10. The van der Waals surface area contributed by atoms with E-state index in [4.69, 9.17) is 9.47 Å². The quantitative estimate of drug-likeness (QED) is 0.452. The molecule has 0 spiro atoms. The van der Waals surface area contributed by atoms with E-state index in [1.54, 1.807) is 0 Å². The average molecular weight is 541 g/mol. The van der Waals surface area contributed by atoms with Gasteiger partial charge in [0, 0.05) is 10.5 Å². The summed E-state index contributed by atoms with van der Waals surface area (Å²) < 4.78 is 67.0.